The van der Waals surface area contributed by atoms with Gasteiger partial charge in [-0.1, -0.05) is 24.3 Å². The van der Waals surface area contributed by atoms with Gasteiger partial charge in [-0.05, 0) is 80.3 Å². The molecule has 15 heteroatoms. The lowest BCUT2D eigenvalue weighted by molar-refractivity contribution is -0.135. The molecule has 7 heterocycles. The third-order valence-corrected chi connectivity index (χ3v) is 11.9. The summed E-state index contributed by atoms with van der Waals surface area (Å²) in [6.07, 6.45) is 7.62. The van der Waals surface area contributed by atoms with Crippen molar-refractivity contribution in [3.05, 3.63) is 106 Å². The first-order valence-electron chi connectivity index (χ1n) is 20.1. The number of halogens is 1. The molecule has 9 rings (SSSR count). The fraction of sp³-hybridized carbons (Fsp3) is 0.372. The Labute approximate surface area is 334 Å². The van der Waals surface area contributed by atoms with Gasteiger partial charge in [-0.15, -0.1) is 0 Å². The second-order valence-corrected chi connectivity index (χ2v) is 15.7. The molecule has 2 atom stereocenters. The van der Waals surface area contributed by atoms with Crippen molar-refractivity contribution in [3.8, 4) is 11.4 Å². The molecule has 2 amide bonds. The van der Waals surface area contributed by atoms with E-state index in [0.717, 1.165) is 93.7 Å². The lowest BCUT2D eigenvalue weighted by atomic mass is 9.97. The number of pyridine rings is 1. The van der Waals surface area contributed by atoms with Gasteiger partial charge in [-0.3, -0.25) is 34.6 Å². The monoisotopic (exact) mass is 783 g/mol. The van der Waals surface area contributed by atoms with Crippen LogP contribution < -0.4 is 20.7 Å². The first-order valence-corrected chi connectivity index (χ1v) is 20.1. The molecule has 0 spiro atoms. The summed E-state index contributed by atoms with van der Waals surface area (Å²) in [5.74, 6) is 1.80. The van der Waals surface area contributed by atoms with Crippen molar-refractivity contribution in [1.29, 1.82) is 5.41 Å². The number of aromatic nitrogens is 5. The predicted octanol–water partition coefficient (Wildman–Crippen LogP) is 4.69. The van der Waals surface area contributed by atoms with Gasteiger partial charge in [-0.2, -0.15) is 0 Å². The SMILES string of the molecule is Cc1nc2cccc(N3CC(CN4CCN(c5cccc(-c6cnc(/C=C\C(=N)N7CCC[C@@H]7c7cccc(F)c7)[nH]6)n5)CC4)C3)c2c(=O)n1C1CCC(=O)NC1=O. The van der Waals surface area contributed by atoms with Crippen LogP contribution in [0.2, 0.25) is 0 Å². The number of nitrogens with one attached hydrogen (secondary N) is 3. The fourth-order valence-corrected chi connectivity index (χ4v) is 8.97. The third-order valence-electron chi connectivity index (χ3n) is 11.9. The minimum atomic E-state index is -0.756. The number of benzene rings is 2. The van der Waals surface area contributed by atoms with Crippen LogP contribution in [-0.2, 0) is 9.59 Å². The van der Waals surface area contributed by atoms with Gasteiger partial charge in [-0.25, -0.2) is 19.3 Å². The molecule has 4 saturated heterocycles. The molecule has 0 aliphatic carbocycles. The number of amides is 2. The van der Waals surface area contributed by atoms with E-state index in [9.17, 15) is 18.8 Å². The molecule has 0 radical (unpaired) electrons. The van der Waals surface area contributed by atoms with E-state index in [1.165, 1.54) is 10.6 Å². The number of rotatable bonds is 9. The normalized spacial score (nSPS) is 20.6. The molecule has 4 aliphatic rings. The van der Waals surface area contributed by atoms with Crippen molar-refractivity contribution in [2.45, 2.75) is 44.7 Å². The van der Waals surface area contributed by atoms with Crippen LogP contribution in [0.5, 0.6) is 0 Å². The number of piperazine rings is 1. The molecule has 2 aromatic carbocycles. The number of H-pyrrole nitrogens is 1. The Bertz CT molecular complexity index is 2480. The lowest BCUT2D eigenvalue weighted by Gasteiger charge is -2.45. The Hall–Kier alpha value is -6.22. The second-order valence-electron chi connectivity index (χ2n) is 15.7. The van der Waals surface area contributed by atoms with E-state index < -0.39 is 11.9 Å². The highest BCUT2D eigenvalue weighted by molar-refractivity contribution is 6.00. The van der Waals surface area contributed by atoms with Crippen molar-refractivity contribution in [1.82, 2.24) is 39.6 Å². The summed E-state index contributed by atoms with van der Waals surface area (Å²) >= 11 is 0. The molecular formula is C43H46FN11O3. The van der Waals surface area contributed by atoms with Gasteiger partial charge < -0.3 is 19.7 Å². The summed E-state index contributed by atoms with van der Waals surface area (Å²) in [6, 6.07) is 17.6. The van der Waals surface area contributed by atoms with Crippen molar-refractivity contribution in [2.24, 2.45) is 5.92 Å². The maximum atomic E-state index is 13.9. The molecule has 298 valence electrons. The molecule has 58 heavy (non-hydrogen) atoms. The van der Waals surface area contributed by atoms with Crippen LogP contribution in [0.3, 0.4) is 0 Å². The number of hydrogen-bond donors (Lipinski definition) is 3. The van der Waals surface area contributed by atoms with E-state index >= 15 is 0 Å². The number of carbonyl (C=O) groups is 2. The Balaban J connectivity index is 0.789. The first-order chi connectivity index (χ1) is 28.2. The molecule has 14 nitrogen and oxygen atoms in total. The summed E-state index contributed by atoms with van der Waals surface area (Å²) in [5, 5.41) is 11.6. The number of imide groups is 1. The van der Waals surface area contributed by atoms with Crippen LogP contribution in [0.15, 0.2) is 77.7 Å². The molecule has 4 fully saturated rings. The van der Waals surface area contributed by atoms with E-state index in [4.69, 9.17) is 15.4 Å². The number of hydrogen-bond acceptors (Lipinski definition) is 10. The zero-order valence-electron chi connectivity index (χ0n) is 32.4. The number of likely N-dealkylation sites (tertiary alicyclic amines) is 1. The van der Waals surface area contributed by atoms with Gasteiger partial charge in [0.2, 0.25) is 11.8 Å². The third kappa shape index (κ3) is 7.37. The highest BCUT2D eigenvalue weighted by Crippen LogP contribution is 2.34. The number of amidine groups is 1. The average Bonchev–Trinajstić information content (AvgIpc) is 3.90. The standard InChI is InChI=1S/C43H46FN11O3/c1-27-47-32-9-3-10-35(41(32)43(58)55(27)36-13-16-40(56)50-42(36)57)53-25-28(26-53)24-51-18-20-52(21-19-51)39-12-4-8-31(49-39)33-23-46-38(48-33)15-14-37(45)54-17-5-11-34(54)29-6-2-7-30(44)22-29/h2-4,6-10,12,14-15,22-23,28,34,36,45H,5,11,13,16-21,24-26H2,1H3,(H,46,48)(H,50,56,57)/b15-14-,45-37?/t34-,36?/m1/s1. The van der Waals surface area contributed by atoms with Crippen LogP contribution in [-0.4, -0.2) is 104 Å². The summed E-state index contributed by atoms with van der Waals surface area (Å²) < 4.78 is 15.4. The summed E-state index contributed by atoms with van der Waals surface area (Å²) in [7, 11) is 0. The smallest absolute Gasteiger partial charge is 0.264 e. The molecule has 3 N–H and O–H groups in total. The Morgan fingerprint density at radius 2 is 1.74 bits per heavy atom. The van der Waals surface area contributed by atoms with Crippen LogP contribution in [0.4, 0.5) is 15.9 Å². The Kier molecular flexibility index (Phi) is 10.1. The van der Waals surface area contributed by atoms with E-state index in [-0.39, 0.29) is 36.2 Å². The summed E-state index contributed by atoms with van der Waals surface area (Å²) in [5.41, 5.74) is 3.68. The number of aryl methyl sites for hydroxylation is 1. The van der Waals surface area contributed by atoms with Gasteiger partial charge in [0, 0.05) is 64.7 Å². The minimum absolute atomic E-state index is 0.0145. The Morgan fingerprint density at radius 1 is 0.931 bits per heavy atom. The number of fused-ring (bicyclic) bond motifs is 1. The Morgan fingerprint density at radius 3 is 2.55 bits per heavy atom. The van der Waals surface area contributed by atoms with Crippen LogP contribution in [0.1, 0.15) is 55.0 Å². The quantitative estimate of drug-likeness (QED) is 0.109. The maximum Gasteiger partial charge on any atom is 0.264 e. The first kappa shape index (κ1) is 37.4. The molecule has 1 unspecified atom stereocenters. The number of carbonyl (C=O) groups excluding carboxylic acids is 2. The number of anilines is 2. The molecule has 4 aliphatic heterocycles. The summed E-state index contributed by atoms with van der Waals surface area (Å²) in [4.78, 5) is 65.0. The molecule has 0 bridgehead atoms. The average molecular weight is 784 g/mol. The van der Waals surface area contributed by atoms with E-state index in [0.29, 0.717) is 34.3 Å². The van der Waals surface area contributed by atoms with Gasteiger partial charge >= 0.3 is 0 Å². The number of piperidine rings is 1. The van der Waals surface area contributed by atoms with Gasteiger partial charge in [0.1, 0.15) is 35.2 Å². The summed E-state index contributed by atoms with van der Waals surface area (Å²) in [6.45, 7) is 8.64. The molecule has 0 saturated carbocycles. The predicted molar refractivity (Wildman–Crippen MR) is 220 cm³/mol. The van der Waals surface area contributed by atoms with Crippen molar-refractivity contribution >= 4 is 46.1 Å². The maximum absolute atomic E-state index is 13.9. The largest absolute Gasteiger partial charge is 0.370 e. The highest BCUT2D eigenvalue weighted by Gasteiger charge is 2.34. The van der Waals surface area contributed by atoms with Crippen LogP contribution >= 0.6 is 0 Å². The number of nitrogens with zero attached hydrogens (tertiary/aromatic N) is 8. The molecular weight excluding hydrogens is 738 g/mol. The second kappa shape index (κ2) is 15.6. The van der Waals surface area contributed by atoms with Crippen molar-refractivity contribution < 1.29 is 14.0 Å². The fourth-order valence-electron chi connectivity index (χ4n) is 8.97. The van der Waals surface area contributed by atoms with E-state index in [2.05, 4.69) is 30.0 Å². The number of imidazole rings is 1. The number of aromatic amines is 1. The topological polar surface area (TPSA) is 159 Å². The molecule has 3 aromatic heterocycles. The zero-order chi connectivity index (χ0) is 39.9. The lowest BCUT2D eigenvalue weighted by Crippen LogP contribution is -2.55. The van der Waals surface area contributed by atoms with Gasteiger partial charge in [0.15, 0.2) is 0 Å². The van der Waals surface area contributed by atoms with Gasteiger partial charge in [0.25, 0.3) is 5.56 Å². The van der Waals surface area contributed by atoms with Gasteiger partial charge in [0.05, 0.1) is 40.2 Å². The molecule has 5 aromatic rings. The highest BCUT2D eigenvalue weighted by atomic mass is 19.1. The van der Waals surface area contributed by atoms with Crippen molar-refractivity contribution in [3.63, 3.8) is 0 Å². The van der Waals surface area contributed by atoms with Crippen LogP contribution in [0, 0.1) is 24.1 Å². The van der Waals surface area contributed by atoms with E-state index in [1.54, 1.807) is 37.4 Å². The van der Waals surface area contributed by atoms with E-state index in [1.807, 2.05) is 47.4 Å². The minimum Gasteiger partial charge on any atom is -0.370 e. The van der Waals surface area contributed by atoms with Crippen LogP contribution in [0.25, 0.3) is 28.4 Å². The van der Waals surface area contributed by atoms with Crippen molar-refractivity contribution in [2.75, 3.05) is 62.2 Å². The zero-order valence-corrected chi connectivity index (χ0v) is 32.4.